The number of hydrogen-bond acceptors (Lipinski definition) is 3. The first-order chi connectivity index (χ1) is 9.85. The molecule has 0 aromatic heterocycles. The number of hydrogen-bond donors (Lipinski definition) is 2. The summed E-state index contributed by atoms with van der Waals surface area (Å²) in [4.78, 5) is 0.179. The van der Waals surface area contributed by atoms with E-state index in [1.807, 2.05) is 19.1 Å². The summed E-state index contributed by atoms with van der Waals surface area (Å²) in [5, 5.41) is 0. The zero-order chi connectivity index (χ0) is 15.6. The average molecular weight is 434 g/mol. The van der Waals surface area contributed by atoms with Gasteiger partial charge in [0.25, 0.3) is 10.0 Å². The molecule has 21 heavy (non-hydrogen) atoms. The summed E-state index contributed by atoms with van der Waals surface area (Å²) < 4.78 is 29.0. The Labute approximate surface area is 141 Å². The predicted octanol–water partition coefficient (Wildman–Crippen LogP) is 3.78. The van der Waals surface area contributed by atoms with E-state index in [-0.39, 0.29) is 11.4 Å². The van der Waals surface area contributed by atoms with Gasteiger partial charge < -0.3 is 5.73 Å². The van der Waals surface area contributed by atoms with Gasteiger partial charge in [-0.05, 0) is 68.1 Å². The molecular weight excluding hydrogens is 420 g/mol. The van der Waals surface area contributed by atoms with Gasteiger partial charge in [0.05, 0.1) is 5.69 Å². The summed E-state index contributed by atoms with van der Waals surface area (Å²) in [6.45, 7) is 2.12. The van der Waals surface area contributed by atoms with Crippen molar-refractivity contribution in [1.29, 1.82) is 0 Å². The van der Waals surface area contributed by atoms with Gasteiger partial charge in [0.15, 0.2) is 0 Å². The second kappa shape index (κ2) is 6.48. The molecule has 0 aliphatic carbocycles. The van der Waals surface area contributed by atoms with Crippen molar-refractivity contribution in [2.75, 3.05) is 4.72 Å². The molecule has 4 nitrogen and oxygen atoms in total. The Morgan fingerprint density at radius 2 is 1.86 bits per heavy atom. The maximum Gasteiger partial charge on any atom is 0.263 e. The Morgan fingerprint density at radius 3 is 2.48 bits per heavy atom. The van der Waals surface area contributed by atoms with Crippen LogP contribution in [0.4, 0.5) is 5.69 Å². The minimum atomic E-state index is -3.70. The van der Waals surface area contributed by atoms with Crippen LogP contribution in [-0.2, 0) is 16.6 Å². The van der Waals surface area contributed by atoms with Gasteiger partial charge in [-0.15, -0.1) is 0 Å². The van der Waals surface area contributed by atoms with Crippen molar-refractivity contribution in [1.82, 2.24) is 0 Å². The zero-order valence-electron chi connectivity index (χ0n) is 11.2. The van der Waals surface area contributed by atoms with Crippen LogP contribution in [0.25, 0.3) is 0 Å². The molecule has 0 saturated heterocycles. The number of anilines is 1. The van der Waals surface area contributed by atoms with Crippen molar-refractivity contribution in [2.24, 2.45) is 5.73 Å². The molecule has 0 radical (unpaired) electrons. The zero-order valence-corrected chi connectivity index (χ0v) is 15.2. The van der Waals surface area contributed by atoms with Crippen molar-refractivity contribution >= 4 is 47.6 Å². The normalized spacial score (nSPS) is 11.4. The Balaban J connectivity index is 2.50. The molecule has 0 fully saturated rings. The molecule has 2 aromatic carbocycles. The number of aryl methyl sites for hydroxylation is 1. The number of rotatable bonds is 4. The third kappa shape index (κ3) is 3.66. The largest absolute Gasteiger partial charge is 0.326 e. The molecule has 3 N–H and O–H groups in total. The Hall–Kier alpha value is -0.890. The Kier molecular flexibility index (Phi) is 5.08. The lowest BCUT2D eigenvalue weighted by atomic mass is 10.1. The van der Waals surface area contributed by atoms with E-state index in [0.29, 0.717) is 14.6 Å². The van der Waals surface area contributed by atoms with E-state index in [0.717, 1.165) is 11.1 Å². The van der Waals surface area contributed by atoms with Gasteiger partial charge in [-0.3, -0.25) is 4.72 Å². The first-order valence-electron chi connectivity index (χ1n) is 6.11. The van der Waals surface area contributed by atoms with Crippen LogP contribution in [0, 0.1) is 6.92 Å². The number of nitrogens with two attached hydrogens (primary N) is 1. The van der Waals surface area contributed by atoms with Crippen molar-refractivity contribution in [2.45, 2.75) is 18.4 Å². The molecule has 0 atom stereocenters. The van der Waals surface area contributed by atoms with Gasteiger partial charge in [-0.1, -0.05) is 18.2 Å². The SMILES string of the molecule is Cc1cc(CN)cc(S(=O)(=O)Nc2ccccc2Br)c1Br. The minimum absolute atomic E-state index is 0.179. The van der Waals surface area contributed by atoms with E-state index in [9.17, 15) is 8.42 Å². The third-order valence-electron chi connectivity index (χ3n) is 2.92. The third-order valence-corrected chi connectivity index (χ3v) is 6.32. The summed E-state index contributed by atoms with van der Waals surface area (Å²) >= 11 is 6.66. The number of sulfonamides is 1. The fourth-order valence-electron chi connectivity index (χ4n) is 1.87. The molecule has 0 aliphatic heterocycles. The van der Waals surface area contributed by atoms with Crippen molar-refractivity contribution in [3.63, 3.8) is 0 Å². The smallest absolute Gasteiger partial charge is 0.263 e. The number of nitrogens with one attached hydrogen (secondary N) is 1. The van der Waals surface area contributed by atoms with E-state index in [2.05, 4.69) is 36.6 Å². The first kappa shape index (κ1) is 16.5. The van der Waals surface area contributed by atoms with Gasteiger partial charge in [-0.2, -0.15) is 0 Å². The van der Waals surface area contributed by atoms with Crippen LogP contribution in [0.1, 0.15) is 11.1 Å². The quantitative estimate of drug-likeness (QED) is 0.770. The first-order valence-corrected chi connectivity index (χ1v) is 9.18. The molecule has 7 heteroatoms. The molecule has 0 amide bonds. The molecule has 0 saturated carbocycles. The molecule has 0 unspecified atom stereocenters. The number of halogens is 2. The van der Waals surface area contributed by atoms with E-state index in [1.165, 1.54) is 0 Å². The standard InChI is InChI=1S/C14H14Br2N2O2S/c1-9-6-10(8-17)7-13(14(9)16)21(19,20)18-12-5-3-2-4-11(12)15/h2-7,18H,8,17H2,1H3. The summed E-state index contributed by atoms with van der Waals surface area (Å²) in [5.41, 5.74) is 7.70. The van der Waals surface area contributed by atoms with Crippen LogP contribution in [0.5, 0.6) is 0 Å². The van der Waals surface area contributed by atoms with Crippen LogP contribution < -0.4 is 10.5 Å². The topological polar surface area (TPSA) is 72.2 Å². The highest BCUT2D eigenvalue weighted by Gasteiger charge is 2.20. The highest BCUT2D eigenvalue weighted by Crippen LogP contribution is 2.30. The van der Waals surface area contributed by atoms with Gasteiger partial charge in [0.1, 0.15) is 4.90 Å². The molecule has 0 heterocycles. The van der Waals surface area contributed by atoms with Crippen molar-refractivity contribution < 1.29 is 8.42 Å². The lowest BCUT2D eigenvalue weighted by Gasteiger charge is -2.13. The summed E-state index contributed by atoms with van der Waals surface area (Å²) in [5.74, 6) is 0. The van der Waals surface area contributed by atoms with Gasteiger partial charge >= 0.3 is 0 Å². The second-order valence-corrected chi connectivity index (χ2v) is 7.81. The van der Waals surface area contributed by atoms with Crippen LogP contribution in [0.15, 0.2) is 50.2 Å². The molecule has 0 bridgehead atoms. The lowest BCUT2D eigenvalue weighted by molar-refractivity contribution is 0.600. The summed E-state index contributed by atoms with van der Waals surface area (Å²) in [7, 11) is -3.70. The van der Waals surface area contributed by atoms with Crippen LogP contribution >= 0.6 is 31.9 Å². The highest BCUT2D eigenvalue weighted by molar-refractivity contribution is 9.11. The van der Waals surface area contributed by atoms with Crippen LogP contribution in [0.2, 0.25) is 0 Å². The van der Waals surface area contributed by atoms with Gasteiger partial charge in [0, 0.05) is 15.5 Å². The van der Waals surface area contributed by atoms with E-state index >= 15 is 0 Å². The summed E-state index contributed by atoms with van der Waals surface area (Å²) in [6.07, 6.45) is 0. The average Bonchev–Trinajstić information content (AvgIpc) is 2.43. The predicted molar refractivity (Wildman–Crippen MR) is 91.7 cm³/mol. The maximum atomic E-state index is 12.6. The van der Waals surface area contributed by atoms with Crippen molar-refractivity contribution in [3.8, 4) is 0 Å². The fourth-order valence-corrected chi connectivity index (χ4v) is 4.53. The van der Waals surface area contributed by atoms with Gasteiger partial charge in [0.2, 0.25) is 0 Å². The summed E-state index contributed by atoms with van der Waals surface area (Å²) in [6, 6.07) is 10.5. The van der Waals surface area contributed by atoms with E-state index in [1.54, 1.807) is 24.3 Å². The number of benzene rings is 2. The highest BCUT2D eigenvalue weighted by atomic mass is 79.9. The fraction of sp³-hybridized carbons (Fsp3) is 0.143. The van der Waals surface area contributed by atoms with E-state index < -0.39 is 10.0 Å². The van der Waals surface area contributed by atoms with Crippen LogP contribution in [-0.4, -0.2) is 8.42 Å². The van der Waals surface area contributed by atoms with E-state index in [4.69, 9.17) is 5.73 Å². The number of para-hydroxylation sites is 1. The molecule has 2 rings (SSSR count). The molecule has 0 spiro atoms. The van der Waals surface area contributed by atoms with Crippen LogP contribution in [0.3, 0.4) is 0 Å². The minimum Gasteiger partial charge on any atom is -0.326 e. The molecule has 0 aliphatic rings. The molecule has 2 aromatic rings. The van der Waals surface area contributed by atoms with Crippen molar-refractivity contribution in [3.05, 3.63) is 56.5 Å². The lowest BCUT2D eigenvalue weighted by Crippen LogP contribution is -2.15. The maximum absolute atomic E-state index is 12.6. The monoisotopic (exact) mass is 432 g/mol. The molecular formula is C14H14Br2N2O2S. The second-order valence-electron chi connectivity index (χ2n) is 4.51. The Bertz CT molecular complexity index is 777. The Morgan fingerprint density at radius 1 is 1.19 bits per heavy atom. The van der Waals surface area contributed by atoms with Gasteiger partial charge in [-0.25, -0.2) is 8.42 Å². The molecule has 112 valence electrons.